The molecule has 10 nitrogen and oxygen atoms in total. The first kappa shape index (κ1) is 26.4. The van der Waals surface area contributed by atoms with Gasteiger partial charge >= 0.3 is 0 Å². The van der Waals surface area contributed by atoms with Gasteiger partial charge in [-0.15, -0.1) is 0 Å². The molecule has 0 atom stereocenters. The van der Waals surface area contributed by atoms with Gasteiger partial charge in [0.2, 0.25) is 17.0 Å². The molecule has 12 heteroatoms. The van der Waals surface area contributed by atoms with E-state index in [9.17, 15) is 14.4 Å². The number of carbonyl (C=O) groups is 1. The van der Waals surface area contributed by atoms with E-state index in [1.54, 1.807) is 25.1 Å². The average molecular weight is 535 g/mol. The highest BCUT2D eigenvalue weighted by molar-refractivity contribution is 6.28. The Kier molecular flexibility index (Phi) is 8.37. The zero-order valence-electron chi connectivity index (χ0n) is 20.2. The van der Waals surface area contributed by atoms with Gasteiger partial charge in [0.15, 0.2) is 6.61 Å². The Bertz CT molecular complexity index is 1570. The number of methoxy groups -OCH3 is 1. The molecule has 0 radical (unpaired) electrons. The van der Waals surface area contributed by atoms with Gasteiger partial charge in [-0.25, -0.2) is 15.4 Å². The van der Waals surface area contributed by atoms with Crippen LogP contribution in [0.1, 0.15) is 22.4 Å². The van der Waals surface area contributed by atoms with Crippen molar-refractivity contribution in [1.82, 2.24) is 20.4 Å². The first-order valence-corrected chi connectivity index (χ1v) is 11.5. The van der Waals surface area contributed by atoms with Gasteiger partial charge < -0.3 is 14.2 Å². The third-order valence-electron chi connectivity index (χ3n) is 5.15. The van der Waals surface area contributed by atoms with E-state index in [1.807, 2.05) is 30.3 Å². The first-order chi connectivity index (χ1) is 18.4. The van der Waals surface area contributed by atoms with Crippen LogP contribution in [0, 0.1) is 24.1 Å². The number of fused-ring (bicyclic) bond motifs is 1. The van der Waals surface area contributed by atoms with Crippen molar-refractivity contribution in [2.45, 2.75) is 13.5 Å². The monoisotopic (exact) mass is 534 g/mol. The minimum atomic E-state index is -0.800. The molecule has 4 aromatic rings. The molecule has 1 amide bonds. The highest BCUT2D eigenvalue weighted by Gasteiger charge is 2.15. The Hall–Kier alpha value is -4.66. The maximum atomic E-state index is 14.2. The molecule has 0 aliphatic carbocycles. The lowest BCUT2D eigenvalue weighted by Crippen LogP contribution is -2.25. The van der Waals surface area contributed by atoms with Crippen molar-refractivity contribution in [2.24, 2.45) is 5.10 Å². The molecular weight excluding hydrogens is 515 g/mol. The van der Waals surface area contributed by atoms with E-state index < -0.39 is 18.3 Å². The molecule has 0 bridgehead atoms. The molecule has 0 saturated heterocycles. The lowest BCUT2D eigenvalue weighted by molar-refractivity contribution is -0.123. The van der Waals surface area contributed by atoms with Gasteiger partial charge in [0.05, 0.1) is 19.0 Å². The van der Waals surface area contributed by atoms with Crippen LogP contribution in [0.25, 0.3) is 10.8 Å². The molecular formula is C26H20ClFN6O4. The quantitative estimate of drug-likeness (QED) is 0.189. The number of rotatable bonds is 9. The van der Waals surface area contributed by atoms with Crippen LogP contribution in [0.4, 0.5) is 4.39 Å². The molecule has 2 aromatic carbocycles. The fourth-order valence-electron chi connectivity index (χ4n) is 3.54. The van der Waals surface area contributed by atoms with Gasteiger partial charge in [0.1, 0.15) is 17.4 Å². The predicted molar refractivity (Wildman–Crippen MR) is 137 cm³/mol. The molecule has 38 heavy (non-hydrogen) atoms. The summed E-state index contributed by atoms with van der Waals surface area (Å²) in [5, 5.41) is 14.9. The summed E-state index contributed by atoms with van der Waals surface area (Å²) in [5.41, 5.74) is 4.20. The zero-order chi connectivity index (χ0) is 27.1. The molecule has 0 fully saturated rings. The second-order valence-corrected chi connectivity index (χ2v) is 8.16. The highest BCUT2D eigenvalue weighted by atomic mass is 35.5. The molecule has 0 unspecified atom stereocenters. The molecule has 2 heterocycles. The van der Waals surface area contributed by atoms with Crippen LogP contribution in [0.15, 0.2) is 53.8 Å². The second kappa shape index (κ2) is 12.1. The molecule has 192 valence electrons. The largest absolute Gasteiger partial charge is 0.467 e. The molecule has 0 aliphatic heterocycles. The third kappa shape index (κ3) is 6.18. The van der Waals surface area contributed by atoms with E-state index in [0.717, 1.165) is 17.0 Å². The average Bonchev–Trinajstić information content (AvgIpc) is 2.90. The lowest BCUT2D eigenvalue weighted by atomic mass is 10.0. The summed E-state index contributed by atoms with van der Waals surface area (Å²) in [6, 6.07) is 14.5. The highest BCUT2D eigenvalue weighted by Crippen LogP contribution is 2.31. The SMILES string of the molecule is COCc1cc(C)nc(OCC(=O)N/N=C\c2c(Oc3nc(Cl)ncc3F)ccc3ccccc23)c1C#N. The number of amides is 1. The Labute approximate surface area is 221 Å². The number of benzene rings is 2. The number of nitriles is 1. The predicted octanol–water partition coefficient (Wildman–Crippen LogP) is 4.47. The summed E-state index contributed by atoms with van der Waals surface area (Å²) in [7, 11) is 1.51. The number of nitrogens with zero attached hydrogens (tertiary/aromatic N) is 5. The smallest absolute Gasteiger partial charge is 0.278 e. The molecule has 4 rings (SSSR count). The van der Waals surface area contributed by atoms with Crippen LogP contribution in [0.3, 0.4) is 0 Å². The van der Waals surface area contributed by atoms with Crippen LogP contribution in [-0.2, 0) is 16.1 Å². The summed E-state index contributed by atoms with van der Waals surface area (Å²) >= 11 is 5.78. The van der Waals surface area contributed by atoms with E-state index in [4.69, 9.17) is 25.8 Å². The molecule has 1 N–H and O–H groups in total. The number of hydrazone groups is 1. The number of halogens is 2. The van der Waals surface area contributed by atoms with Gasteiger partial charge in [-0.2, -0.15) is 19.7 Å². The topological polar surface area (TPSA) is 132 Å². The van der Waals surface area contributed by atoms with Crippen LogP contribution in [0.5, 0.6) is 17.5 Å². The normalized spacial score (nSPS) is 10.9. The van der Waals surface area contributed by atoms with Crippen molar-refractivity contribution >= 4 is 34.5 Å². The fourth-order valence-corrected chi connectivity index (χ4v) is 3.67. The van der Waals surface area contributed by atoms with Crippen molar-refractivity contribution in [1.29, 1.82) is 5.26 Å². The van der Waals surface area contributed by atoms with Gasteiger partial charge in [0, 0.05) is 23.9 Å². The molecule has 0 aliphatic rings. The van der Waals surface area contributed by atoms with Gasteiger partial charge in [-0.3, -0.25) is 4.79 Å². The van der Waals surface area contributed by atoms with E-state index in [0.29, 0.717) is 16.8 Å². The maximum Gasteiger partial charge on any atom is 0.278 e. The second-order valence-electron chi connectivity index (χ2n) is 7.82. The number of ether oxygens (including phenoxy) is 3. The number of aryl methyl sites for hydroxylation is 1. The van der Waals surface area contributed by atoms with E-state index >= 15 is 0 Å². The van der Waals surface area contributed by atoms with Gasteiger partial charge in [-0.1, -0.05) is 30.3 Å². The fraction of sp³-hybridized carbons (Fsp3) is 0.154. The summed E-state index contributed by atoms with van der Waals surface area (Å²) in [6.07, 6.45) is 2.26. The number of hydrogen-bond acceptors (Lipinski definition) is 9. The third-order valence-corrected chi connectivity index (χ3v) is 5.33. The Morgan fingerprint density at radius 2 is 2.05 bits per heavy atom. The summed E-state index contributed by atoms with van der Waals surface area (Å²) in [4.78, 5) is 24.0. The minimum absolute atomic E-state index is 0.0222. The van der Waals surface area contributed by atoms with Crippen LogP contribution < -0.4 is 14.9 Å². The number of nitrogens with one attached hydrogen (secondary N) is 1. The Morgan fingerprint density at radius 1 is 1.24 bits per heavy atom. The molecule has 0 saturated carbocycles. The van der Waals surface area contributed by atoms with E-state index in [2.05, 4.69) is 25.5 Å². The Morgan fingerprint density at radius 3 is 2.84 bits per heavy atom. The summed E-state index contributed by atoms with van der Waals surface area (Å²) in [6.45, 7) is 1.49. The van der Waals surface area contributed by atoms with E-state index in [1.165, 1.54) is 13.3 Å². The van der Waals surface area contributed by atoms with Crippen molar-refractivity contribution in [3.05, 3.63) is 82.1 Å². The summed E-state index contributed by atoms with van der Waals surface area (Å²) < 4.78 is 30.5. The summed E-state index contributed by atoms with van der Waals surface area (Å²) in [5.74, 6) is -1.52. The van der Waals surface area contributed by atoms with Gasteiger partial charge in [-0.05, 0) is 41.4 Å². The van der Waals surface area contributed by atoms with Crippen LogP contribution in [0.2, 0.25) is 5.28 Å². The van der Waals surface area contributed by atoms with Gasteiger partial charge in [0.25, 0.3) is 11.8 Å². The standard InChI is InChI=1S/C26H20ClFN6O4/c1-15-9-17(13-36-2)19(10-29)24(32-15)37-14-23(35)34-31-11-20-18-6-4-3-5-16(18)7-8-22(20)38-25-21(28)12-30-26(27)33-25/h3-9,11-12H,13-14H2,1-2H3,(H,34,35)/b31-11-. The van der Waals surface area contributed by atoms with E-state index in [-0.39, 0.29) is 35.0 Å². The maximum absolute atomic E-state index is 14.2. The number of hydrogen-bond donors (Lipinski definition) is 1. The van der Waals surface area contributed by atoms with Crippen molar-refractivity contribution in [3.8, 4) is 23.6 Å². The van der Waals surface area contributed by atoms with Crippen molar-refractivity contribution in [2.75, 3.05) is 13.7 Å². The lowest BCUT2D eigenvalue weighted by Gasteiger charge is -2.12. The molecule has 0 spiro atoms. The molecule has 2 aromatic heterocycles. The van der Waals surface area contributed by atoms with Crippen LogP contribution in [-0.4, -0.2) is 40.8 Å². The minimum Gasteiger partial charge on any atom is -0.467 e. The van der Waals surface area contributed by atoms with Crippen molar-refractivity contribution < 1.29 is 23.4 Å². The number of aromatic nitrogens is 3. The Balaban J connectivity index is 1.53. The zero-order valence-corrected chi connectivity index (χ0v) is 21.0. The van der Waals surface area contributed by atoms with Crippen LogP contribution >= 0.6 is 11.6 Å². The number of pyridine rings is 1. The number of carbonyl (C=O) groups excluding carboxylic acids is 1. The van der Waals surface area contributed by atoms with Crippen molar-refractivity contribution in [3.63, 3.8) is 0 Å². The first-order valence-electron chi connectivity index (χ1n) is 11.1.